The molecule has 12 rings (SSSR count). The molecule has 0 saturated carbocycles. The number of thiophene rings is 1. The molecule has 0 radical (unpaired) electrons. The molecule has 0 N–H and O–H groups in total. The predicted molar refractivity (Wildman–Crippen MR) is 236 cm³/mol. The molecule has 4 heterocycles. The number of aromatic nitrogens is 4. The minimum atomic E-state index is 0.611. The largest absolute Gasteiger partial charge is 0.456 e. The third kappa shape index (κ3) is 5.04. The molecular formula is C51H30N4OS. The van der Waals surface area contributed by atoms with Crippen LogP contribution in [0.15, 0.2) is 186 Å². The summed E-state index contributed by atoms with van der Waals surface area (Å²) in [6.07, 6.45) is 0. The molecule has 0 atom stereocenters. The molecule has 12 aromatic rings. The van der Waals surface area contributed by atoms with E-state index in [4.69, 9.17) is 19.4 Å². The maximum absolute atomic E-state index is 6.57. The molecule has 0 aliphatic rings. The van der Waals surface area contributed by atoms with Gasteiger partial charge in [0.1, 0.15) is 11.2 Å². The van der Waals surface area contributed by atoms with Crippen LogP contribution in [0.25, 0.3) is 115 Å². The van der Waals surface area contributed by atoms with Gasteiger partial charge in [0, 0.05) is 64.1 Å². The summed E-state index contributed by atoms with van der Waals surface area (Å²) in [5, 5.41) is 7.08. The van der Waals surface area contributed by atoms with Gasteiger partial charge in [-0.05, 0) is 71.8 Å². The molecule has 0 aliphatic carbocycles. The SMILES string of the molecule is c1ccc(-c2nc(-c3ccccc3)nc(-c3ccc4oc5cccc(-c6cccc7sc8ccc(-n9c%10ccccc%10c%10ccccc%109)cc8c67)c5c4c3)n2)cc1. The van der Waals surface area contributed by atoms with Crippen LogP contribution in [0.1, 0.15) is 0 Å². The van der Waals surface area contributed by atoms with Gasteiger partial charge in [-0.15, -0.1) is 11.3 Å². The Balaban J connectivity index is 1.06. The fourth-order valence-corrected chi connectivity index (χ4v) is 9.62. The smallest absolute Gasteiger partial charge is 0.164 e. The number of nitrogens with zero attached hydrogens (tertiary/aromatic N) is 4. The van der Waals surface area contributed by atoms with Crippen molar-refractivity contribution >= 4 is 75.3 Å². The van der Waals surface area contributed by atoms with Crippen molar-refractivity contribution in [1.82, 2.24) is 19.5 Å². The van der Waals surface area contributed by atoms with Crippen LogP contribution in [0.3, 0.4) is 0 Å². The topological polar surface area (TPSA) is 56.7 Å². The first-order valence-corrected chi connectivity index (χ1v) is 19.8. The van der Waals surface area contributed by atoms with Gasteiger partial charge < -0.3 is 8.98 Å². The average molecular weight is 747 g/mol. The zero-order valence-electron chi connectivity index (χ0n) is 30.4. The molecule has 0 fully saturated rings. The lowest BCUT2D eigenvalue weighted by molar-refractivity contribution is 0.669. The van der Waals surface area contributed by atoms with E-state index in [-0.39, 0.29) is 0 Å². The van der Waals surface area contributed by atoms with Gasteiger partial charge in [-0.2, -0.15) is 0 Å². The fraction of sp³-hybridized carbons (Fsp3) is 0. The lowest BCUT2D eigenvalue weighted by Gasteiger charge is -2.10. The minimum absolute atomic E-state index is 0.611. The van der Waals surface area contributed by atoms with Crippen molar-refractivity contribution in [2.24, 2.45) is 0 Å². The molecule has 0 bridgehead atoms. The average Bonchev–Trinajstić information content (AvgIpc) is 3.96. The fourth-order valence-electron chi connectivity index (χ4n) is 8.51. The van der Waals surface area contributed by atoms with Crippen molar-refractivity contribution in [3.63, 3.8) is 0 Å². The second kappa shape index (κ2) is 12.6. The summed E-state index contributed by atoms with van der Waals surface area (Å²) in [5.74, 6) is 1.88. The molecule has 4 aromatic heterocycles. The van der Waals surface area contributed by atoms with Crippen molar-refractivity contribution in [2.45, 2.75) is 0 Å². The molecule has 0 spiro atoms. The molecule has 6 heteroatoms. The molecule has 57 heavy (non-hydrogen) atoms. The summed E-state index contributed by atoms with van der Waals surface area (Å²) in [7, 11) is 0. The Morgan fingerprint density at radius 3 is 1.67 bits per heavy atom. The van der Waals surface area contributed by atoms with Crippen molar-refractivity contribution in [2.75, 3.05) is 0 Å². The normalized spacial score (nSPS) is 11.9. The third-order valence-corrected chi connectivity index (χ3v) is 12.2. The van der Waals surface area contributed by atoms with Gasteiger partial charge in [0.05, 0.1) is 11.0 Å². The Morgan fingerprint density at radius 1 is 0.386 bits per heavy atom. The Labute approximate surface area is 330 Å². The number of fused-ring (bicyclic) bond motifs is 9. The summed E-state index contributed by atoms with van der Waals surface area (Å²) in [4.78, 5) is 15.0. The zero-order valence-corrected chi connectivity index (χ0v) is 31.2. The number of hydrogen-bond donors (Lipinski definition) is 0. The summed E-state index contributed by atoms with van der Waals surface area (Å²) < 4.78 is 11.5. The van der Waals surface area contributed by atoms with E-state index in [9.17, 15) is 0 Å². The summed E-state index contributed by atoms with van der Waals surface area (Å²) in [6, 6.07) is 63.8. The zero-order chi connectivity index (χ0) is 37.5. The van der Waals surface area contributed by atoms with E-state index < -0.39 is 0 Å². The van der Waals surface area contributed by atoms with Crippen molar-refractivity contribution in [3.05, 3.63) is 182 Å². The summed E-state index contributed by atoms with van der Waals surface area (Å²) in [5.41, 5.74) is 10.3. The lowest BCUT2D eigenvalue weighted by atomic mass is 9.95. The van der Waals surface area contributed by atoms with E-state index >= 15 is 0 Å². The van der Waals surface area contributed by atoms with E-state index in [0.29, 0.717) is 17.5 Å². The van der Waals surface area contributed by atoms with Crippen molar-refractivity contribution in [1.29, 1.82) is 0 Å². The van der Waals surface area contributed by atoms with Gasteiger partial charge in [-0.3, -0.25) is 0 Å². The van der Waals surface area contributed by atoms with Crippen LogP contribution in [0.2, 0.25) is 0 Å². The van der Waals surface area contributed by atoms with Gasteiger partial charge in [0.2, 0.25) is 0 Å². The van der Waals surface area contributed by atoms with Gasteiger partial charge in [-0.25, -0.2) is 15.0 Å². The number of benzene rings is 8. The van der Waals surface area contributed by atoms with E-state index in [0.717, 1.165) is 49.9 Å². The van der Waals surface area contributed by atoms with Crippen LogP contribution in [0.5, 0.6) is 0 Å². The van der Waals surface area contributed by atoms with E-state index in [1.54, 1.807) is 0 Å². The second-order valence-electron chi connectivity index (χ2n) is 14.4. The van der Waals surface area contributed by atoms with Gasteiger partial charge >= 0.3 is 0 Å². The van der Waals surface area contributed by atoms with Crippen molar-refractivity contribution in [3.8, 4) is 51.0 Å². The molecule has 0 amide bonds. The van der Waals surface area contributed by atoms with E-state index in [1.165, 1.54) is 47.5 Å². The first-order chi connectivity index (χ1) is 28.2. The third-order valence-electron chi connectivity index (χ3n) is 11.1. The monoisotopic (exact) mass is 746 g/mol. The van der Waals surface area contributed by atoms with Crippen LogP contribution < -0.4 is 0 Å². The number of hydrogen-bond acceptors (Lipinski definition) is 5. The molecule has 266 valence electrons. The number of furan rings is 1. The highest BCUT2D eigenvalue weighted by Gasteiger charge is 2.20. The summed E-state index contributed by atoms with van der Waals surface area (Å²) in [6.45, 7) is 0. The highest BCUT2D eigenvalue weighted by molar-refractivity contribution is 7.26. The van der Waals surface area contributed by atoms with Crippen LogP contribution in [0.4, 0.5) is 0 Å². The Hall–Kier alpha value is -7.41. The van der Waals surface area contributed by atoms with Crippen LogP contribution in [0, 0.1) is 0 Å². The minimum Gasteiger partial charge on any atom is -0.456 e. The molecular weight excluding hydrogens is 717 g/mol. The first-order valence-electron chi connectivity index (χ1n) is 19.0. The molecule has 8 aromatic carbocycles. The van der Waals surface area contributed by atoms with Crippen LogP contribution >= 0.6 is 11.3 Å². The number of rotatable bonds is 5. The number of para-hydroxylation sites is 2. The maximum Gasteiger partial charge on any atom is 0.164 e. The van der Waals surface area contributed by atoms with Crippen LogP contribution in [-0.4, -0.2) is 19.5 Å². The Bertz CT molecular complexity index is 3420. The second-order valence-corrected chi connectivity index (χ2v) is 15.4. The van der Waals surface area contributed by atoms with Crippen molar-refractivity contribution < 1.29 is 4.42 Å². The Morgan fingerprint density at radius 2 is 0.982 bits per heavy atom. The quantitative estimate of drug-likeness (QED) is 0.176. The summed E-state index contributed by atoms with van der Waals surface area (Å²) >= 11 is 1.84. The molecule has 0 aliphatic heterocycles. The predicted octanol–water partition coefficient (Wildman–Crippen LogP) is 13.9. The van der Waals surface area contributed by atoms with Gasteiger partial charge in [-0.1, -0.05) is 121 Å². The van der Waals surface area contributed by atoms with E-state index in [2.05, 4.69) is 114 Å². The Kier molecular flexibility index (Phi) is 7.03. The highest BCUT2D eigenvalue weighted by atomic mass is 32.1. The van der Waals surface area contributed by atoms with Gasteiger partial charge in [0.25, 0.3) is 0 Å². The molecule has 0 saturated heterocycles. The standard InChI is InChI=1S/C51H30N4OS/c1-3-13-31(14-4-1)49-52-50(32-15-5-2-6-16-32)54-51(53-49)33-25-27-43-39(29-33)47-37(19-11-23-44(47)56-43)38-20-12-24-46-48(38)40-30-34(26-28-45(40)57-46)55-41-21-9-7-17-35(41)36-18-8-10-22-42(36)55/h1-30H. The van der Waals surface area contributed by atoms with E-state index in [1.807, 2.05) is 84.1 Å². The maximum atomic E-state index is 6.57. The molecule has 0 unspecified atom stereocenters. The first kappa shape index (κ1) is 31.9. The van der Waals surface area contributed by atoms with Crippen LogP contribution in [-0.2, 0) is 0 Å². The lowest BCUT2D eigenvalue weighted by Crippen LogP contribution is -2.00. The highest BCUT2D eigenvalue weighted by Crippen LogP contribution is 2.45. The molecule has 5 nitrogen and oxygen atoms in total. The van der Waals surface area contributed by atoms with Gasteiger partial charge in [0.15, 0.2) is 17.5 Å².